The average Bonchev–Trinajstić information content (AvgIpc) is 2.74. The van der Waals surface area contributed by atoms with Crippen molar-refractivity contribution in [1.82, 2.24) is 4.90 Å². The molecule has 2 rings (SSSR count). The van der Waals surface area contributed by atoms with Crippen LogP contribution in [0.15, 0.2) is 15.2 Å². The average molecular weight is 332 g/mol. The summed E-state index contributed by atoms with van der Waals surface area (Å²) in [7, 11) is 0. The van der Waals surface area contributed by atoms with E-state index in [9.17, 15) is 9.59 Å². The van der Waals surface area contributed by atoms with Gasteiger partial charge in [0.15, 0.2) is 0 Å². The molecule has 1 aliphatic rings. The number of halogens is 1. The van der Waals surface area contributed by atoms with Crippen LogP contribution in [0.1, 0.15) is 23.7 Å². The summed E-state index contributed by atoms with van der Waals surface area (Å²) < 4.78 is 0.930. The van der Waals surface area contributed by atoms with Crippen LogP contribution in [0.5, 0.6) is 0 Å². The molecule has 1 aromatic rings. The van der Waals surface area contributed by atoms with E-state index in [1.807, 2.05) is 12.3 Å². The van der Waals surface area contributed by atoms with Gasteiger partial charge in [-0.05, 0) is 34.3 Å². The third kappa shape index (κ3) is 2.75. The van der Waals surface area contributed by atoms with Gasteiger partial charge in [-0.2, -0.15) is 0 Å². The zero-order valence-electron chi connectivity index (χ0n) is 9.93. The monoisotopic (exact) mass is 331 g/mol. The predicted molar refractivity (Wildman–Crippen MR) is 72.8 cm³/mol. The first-order valence-corrected chi connectivity index (χ1v) is 7.42. The Morgan fingerprint density at radius 3 is 2.78 bits per heavy atom. The van der Waals surface area contributed by atoms with Crippen LogP contribution in [0.25, 0.3) is 0 Å². The number of piperidine rings is 1. The second-order valence-electron chi connectivity index (χ2n) is 4.60. The highest BCUT2D eigenvalue weighted by Crippen LogP contribution is 2.27. The van der Waals surface area contributed by atoms with Gasteiger partial charge in [-0.1, -0.05) is 6.92 Å². The maximum absolute atomic E-state index is 12.2. The van der Waals surface area contributed by atoms with Gasteiger partial charge in [-0.25, -0.2) is 0 Å². The highest BCUT2D eigenvalue weighted by Gasteiger charge is 2.33. The fourth-order valence-electron chi connectivity index (χ4n) is 2.30. The minimum Gasteiger partial charge on any atom is -0.481 e. The van der Waals surface area contributed by atoms with Crippen molar-refractivity contribution in [3.63, 3.8) is 0 Å². The topological polar surface area (TPSA) is 57.6 Å². The second kappa shape index (κ2) is 5.40. The molecule has 0 spiro atoms. The number of carbonyl (C=O) groups is 2. The molecule has 1 N–H and O–H groups in total. The van der Waals surface area contributed by atoms with E-state index >= 15 is 0 Å². The van der Waals surface area contributed by atoms with Crippen LogP contribution in [0.3, 0.4) is 0 Å². The molecule has 0 bridgehead atoms. The van der Waals surface area contributed by atoms with Crippen LogP contribution >= 0.6 is 27.3 Å². The van der Waals surface area contributed by atoms with Gasteiger partial charge in [0, 0.05) is 18.5 Å². The molecule has 2 heterocycles. The van der Waals surface area contributed by atoms with Crippen molar-refractivity contribution in [1.29, 1.82) is 0 Å². The molecule has 18 heavy (non-hydrogen) atoms. The lowest BCUT2D eigenvalue weighted by molar-refractivity contribution is -0.145. The van der Waals surface area contributed by atoms with Crippen molar-refractivity contribution in [2.45, 2.75) is 13.3 Å². The molecule has 1 saturated heterocycles. The quantitative estimate of drug-likeness (QED) is 0.906. The van der Waals surface area contributed by atoms with E-state index < -0.39 is 5.97 Å². The molecule has 0 saturated carbocycles. The van der Waals surface area contributed by atoms with Crippen molar-refractivity contribution in [2.75, 3.05) is 13.1 Å². The summed E-state index contributed by atoms with van der Waals surface area (Å²) in [6.07, 6.45) is 0.535. The van der Waals surface area contributed by atoms with Crippen molar-refractivity contribution < 1.29 is 14.7 Å². The van der Waals surface area contributed by atoms with Crippen LogP contribution < -0.4 is 0 Å². The Labute approximate surface area is 118 Å². The Bertz CT molecular complexity index is 474. The molecule has 4 nitrogen and oxygen atoms in total. The molecule has 6 heteroatoms. The number of aliphatic carboxylic acids is 1. The zero-order valence-corrected chi connectivity index (χ0v) is 12.3. The Morgan fingerprint density at radius 2 is 2.28 bits per heavy atom. The summed E-state index contributed by atoms with van der Waals surface area (Å²) in [6.45, 7) is 2.93. The number of nitrogens with zero attached hydrogens (tertiary/aromatic N) is 1. The molecule has 0 radical (unpaired) electrons. The predicted octanol–water partition coefficient (Wildman–Crippen LogP) is 2.69. The molecule has 0 aromatic carbocycles. The summed E-state index contributed by atoms with van der Waals surface area (Å²) in [4.78, 5) is 25.0. The molecular weight excluding hydrogens is 318 g/mol. The van der Waals surface area contributed by atoms with Gasteiger partial charge >= 0.3 is 5.97 Å². The first-order chi connectivity index (χ1) is 8.49. The lowest BCUT2D eigenvalue weighted by Crippen LogP contribution is -2.44. The van der Waals surface area contributed by atoms with Crippen LogP contribution in [0.4, 0.5) is 0 Å². The minimum absolute atomic E-state index is 0.00211. The molecular formula is C12H14BrNO3S. The summed E-state index contributed by atoms with van der Waals surface area (Å²) in [5.74, 6) is -1.09. The van der Waals surface area contributed by atoms with Crippen LogP contribution in [0.2, 0.25) is 0 Å². The van der Waals surface area contributed by atoms with Crippen LogP contribution in [-0.4, -0.2) is 35.0 Å². The number of rotatable bonds is 2. The van der Waals surface area contributed by atoms with Gasteiger partial charge in [-0.3, -0.25) is 9.59 Å². The molecule has 1 fully saturated rings. The Kier molecular flexibility index (Phi) is 4.07. The number of carbonyl (C=O) groups excluding carboxylic acids is 1. The molecule has 1 amide bonds. The van der Waals surface area contributed by atoms with Gasteiger partial charge in [-0.15, -0.1) is 11.3 Å². The van der Waals surface area contributed by atoms with Gasteiger partial charge in [0.2, 0.25) is 0 Å². The Morgan fingerprint density at radius 1 is 1.56 bits per heavy atom. The number of carboxylic acids is 1. The van der Waals surface area contributed by atoms with Gasteiger partial charge in [0.05, 0.1) is 15.3 Å². The normalized spacial score (nSPS) is 24.0. The zero-order chi connectivity index (χ0) is 13.3. The van der Waals surface area contributed by atoms with Gasteiger partial charge < -0.3 is 10.0 Å². The molecule has 1 aromatic heterocycles. The standard InChI is InChI=1S/C12H14BrNO3S/c1-7-5-14(3-2-9(7)12(16)17)11(15)8-4-10(13)18-6-8/h4,6-7,9H,2-3,5H2,1H3,(H,16,17). The lowest BCUT2D eigenvalue weighted by atomic mass is 9.87. The van der Waals surface area contributed by atoms with E-state index in [4.69, 9.17) is 5.11 Å². The maximum Gasteiger partial charge on any atom is 0.306 e. The van der Waals surface area contributed by atoms with Crippen molar-refractivity contribution >= 4 is 39.1 Å². The van der Waals surface area contributed by atoms with Gasteiger partial charge in [0.1, 0.15) is 0 Å². The third-order valence-corrected chi connectivity index (χ3v) is 4.83. The maximum atomic E-state index is 12.2. The molecule has 98 valence electrons. The minimum atomic E-state index is -0.757. The SMILES string of the molecule is CC1CN(C(=O)c2csc(Br)c2)CCC1C(=O)O. The lowest BCUT2D eigenvalue weighted by Gasteiger charge is -2.34. The molecule has 1 aliphatic heterocycles. The van der Waals surface area contributed by atoms with Crippen LogP contribution in [-0.2, 0) is 4.79 Å². The largest absolute Gasteiger partial charge is 0.481 e. The van der Waals surface area contributed by atoms with Crippen molar-refractivity contribution in [3.8, 4) is 0 Å². The number of amides is 1. The first kappa shape index (κ1) is 13.5. The molecule has 0 aliphatic carbocycles. The summed E-state index contributed by atoms with van der Waals surface area (Å²) in [5.41, 5.74) is 0.674. The van der Waals surface area contributed by atoms with E-state index in [1.165, 1.54) is 11.3 Å². The fourth-order valence-corrected chi connectivity index (χ4v) is 3.43. The molecule has 2 unspecified atom stereocenters. The Balaban J connectivity index is 2.04. The highest BCUT2D eigenvalue weighted by atomic mass is 79.9. The second-order valence-corrected chi connectivity index (χ2v) is 6.89. The highest BCUT2D eigenvalue weighted by molar-refractivity contribution is 9.11. The fraction of sp³-hybridized carbons (Fsp3) is 0.500. The van der Waals surface area contributed by atoms with E-state index in [1.54, 1.807) is 11.0 Å². The third-order valence-electron chi connectivity index (χ3n) is 3.32. The number of hydrogen-bond donors (Lipinski definition) is 1. The van der Waals surface area contributed by atoms with E-state index in [-0.39, 0.29) is 17.7 Å². The Hall–Kier alpha value is -0.880. The van der Waals surface area contributed by atoms with Gasteiger partial charge in [0.25, 0.3) is 5.91 Å². The summed E-state index contributed by atoms with van der Waals surface area (Å²) in [5, 5.41) is 10.9. The number of likely N-dealkylation sites (tertiary alicyclic amines) is 1. The molecule has 2 atom stereocenters. The van der Waals surface area contributed by atoms with Crippen LogP contribution in [0, 0.1) is 11.8 Å². The van der Waals surface area contributed by atoms with E-state index in [0.29, 0.717) is 25.1 Å². The van der Waals surface area contributed by atoms with E-state index in [0.717, 1.165) is 3.79 Å². The van der Waals surface area contributed by atoms with Crippen molar-refractivity contribution in [2.24, 2.45) is 11.8 Å². The summed E-state index contributed by atoms with van der Waals surface area (Å²) >= 11 is 4.81. The first-order valence-electron chi connectivity index (χ1n) is 5.75. The number of thiophene rings is 1. The van der Waals surface area contributed by atoms with E-state index in [2.05, 4.69) is 15.9 Å². The number of carboxylic acid groups (broad SMARTS) is 1. The van der Waals surface area contributed by atoms with Crippen molar-refractivity contribution in [3.05, 3.63) is 20.8 Å². The summed E-state index contributed by atoms with van der Waals surface area (Å²) in [6, 6.07) is 1.81. The number of hydrogen-bond acceptors (Lipinski definition) is 3. The smallest absolute Gasteiger partial charge is 0.306 e.